The van der Waals surface area contributed by atoms with Crippen LogP contribution in [-0.2, 0) is 0 Å². The molecular weight excluding hydrogens is 721 g/mol. The number of hydrogen-bond acceptors (Lipinski definition) is 4. The summed E-state index contributed by atoms with van der Waals surface area (Å²) >= 11 is 0. The zero-order valence-corrected chi connectivity index (χ0v) is 36.1. The average Bonchev–Trinajstić information content (AvgIpc) is 3.81. The molecule has 0 saturated carbocycles. The number of rotatable bonds is 5. The summed E-state index contributed by atoms with van der Waals surface area (Å²) in [7, 11) is 22.0. The van der Waals surface area contributed by atoms with Gasteiger partial charge < -0.3 is 8.98 Å². The Kier molecular flexibility index (Phi) is 9.02. The van der Waals surface area contributed by atoms with E-state index in [1.54, 1.807) is 0 Å². The van der Waals surface area contributed by atoms with Crippen molar-refractivity contribution >= 4 is 177 Å². The van der Waals surface area contributed by atoms with Crippen molar-refractivity contribution in [3.63, 3.8) is 0 Å². The van der Waals surface area contributed by atoms with Gasteiger partial charge in [-0.25, -0.2) is 15.0 Å². The first-order valence-corrected chi connectivity index (χ1v) is 20.9. The van der Waals surface area contributed by atoms with E-state index in [0.717, 1.165) is 55.4 Å². The molecule has 0 amide bonds. The highest BCUT2D eigenvalue weighted by Crippen LogP contribution is 2.38. The van der Waals surface area contributed by atoms with Gasteiger partial charge in [-0.1, -0.05) is 70.4 Å². The summed E-state index contributed by atoms with van der Waals surface area (Å²) in [4.78, 5) is 16.0. The Hall–Kier alpha value is -6.20. The lowest BCUT2D eigenvalue weighted by Crippen LogP contribution is -2.55. The molecule has 0 spiro atoms. The summed E-state index contributed by atoms with van der Waals surface area (Å²) in [5.41, 5.74) is 23.1. The lowest BCUT2D eigenvalue weighted by Gasteiger charge is -2.22. The van der Waals surface area contributed by atoms with E-state index in [-0.39, 0.29) is 0 Å². The largest absolute Gasteiger partial charge is 0.456 e. The van der Waals surface area contributed by atoms with Crippen LogP contribution in [0.2, 0.25) is 0 Å². The smallest absolute Gasteiger partial charge is 0.164 e. The molecule has 7 aromatic carbocycles. The third-order valence-electron chi connectivity index (χ3n) is 13.8. The number of benzene rings is 7. The Morgan fingerprint density at radius 1 is 0.350 bits per heavy atom. The zero-order valence-electron chi connectivity index (χ0n) is 36.1. The van der Waals surface area contributed by atoms with Gasteiger partial charge in [-0.3, -0.25) is 0 Å². The van der Waals surface area contributed by atoms with E-state index in [0.29, 0.717) is 17.5 Å². The van der Waals surface area contributed by atoms with E-state index in [4.69, 9.17) is 19.4 Å². The molecule has 15 heteroatoms. The number of furan rings is 1. The van der Waals surface area contributed by atoms with E-state index in [9.17, 15) is 0 Å². The van der Waals surface area contributed by atoms with Gasteiger partial charge >= 0.3 is 0 Å². The van der Waals surface area contributed by atoms with E-state index in [2.05, 4.69) is 192 Å². The summed E-state index contributed by atoms with van der Waals surface area (Å²) in [6.07, 6.45) is 0. The lowest BCUT2D eigenvalue weighted by molar-refractivity contribution is 0.669. The van der Waals surface area contributed by atoms with Crippen LogP contribution in [0.1, 0.15) is 0 Å². The minimum atomic E-state index is 0.645. The third-order valence-corrected chi connectivity index (χ3v) is 13.8. The van der Waals surface area contributed by atoms with Gasteiger partial charge in [0.2, 0.25) is 0 Å². The first-order valence-electron chi connectivity index (χ1n) is 20.9. The Morgan fingerprint density at radius 3 is 1.33 bits per heavy atom. The van der Waals surface area contributed by atoms with Gasteiger partial charge in [0.1, 0.15) is 89.6 Å². The highest BCUT2D eigenvalue weighted by molar-refractivity contribution is 6.70. The number of aromatic nitrogens is 4. The first kappa shape index (κ1) is 38.0. The molecule has 0 N–H and O–H groups in total. The van der Waals surface area contributed by atoms with Gasteiger partial charge in [-0.2, -0.15) is 0 Å². The van der Waals surface area contributed by atoms with Crippen LogP contribution in [0.3, 0.4) is 0 Å². The molecule has 5 nitrogen and oxygen atoms in total. The van der Waals surface area contributed by atoms with Crippen LogP contribution in [0.4, 0.5) is 0 Å². The van der Waals surface area contributed by atoms with Crippen LogP contribution in [-0.4, -0.2) is 98.0 Å². The number of fused-ring (bicyclic) bond motifs is 6. The van der Waals surface area contributed by atoms with Crippen molar-refractivity contribution in [2.24, 2.45) is 0 Å². The summed E-state index contributed by atoms with van der Waals surface area (Å²) < 4.78 is 8.84. The van der Waals surface area contributed by atoms with Crippen molar-refractivity contribution in [2.75, 3.05) is 0 Å². The molecule has 0 aliphatic heterocycles. The van der Waals surface area contributed by atoms with E-state index in [1.165, 1.54) is 76.4 Å². The number of nitrogens with zero attached hydrogens (tertiary/aromatic N) is 4. The SMILES string of the molecule is Bc1c(B)c(B)c(-c2nc(-c3ccc4oc5ccc(-c6ccc7c(c6)c6ccccc6n7-c6ccccc6)cc5c4c3)nc(-c3c(B)c(B)c(B)c(B)c3B)n2)c(B)c1B. The Morgan fingerprint density at radius 2 is 0.767 bits per heavy atom. The fourth-order valence-corrected chi connectivity index (χ4v) is 9.50. The second-order valence-corrected chi connectivity index (χ2v) is 16.8. The van der Waals surface area contributed by atoms with Crippen molar-refractivity contribution < 1.29 is 4.42 Å². The Labute approximate surface area is 359 Å². The predicted molar refractivity (Wildman–Crippen MR) is 285 cm³/mol. The molecule has 10 rings (SSSR count). The monoisotopic (exact) mass is 760 g/mol. The molecule has 0 aliphatic carbocycles. The van der Waals surface area contributed by atoms with Gasteiger partial charge in [0, 0.05) is 43.9 Å². The summed E-state index contributed by atoms with van der Waals surface area (Å²) in [5, 5.41) is 4.54. The first-order chi connectivity index (χ1) is 28.9. The molecule has 0 atom stereocenters. The van der Waals surface area contributed by atoms with Gasteiger partial charge in [-0.05, 0) is 71.8 Å². The average molecular weight is 759 g/mol. The molecule has 0 bridgehead atoms. The zero-order chi connectivity index (χ0) is 41.7. The third kappa shape index (κ3) is 5.80. The molecule has 0 radical (unpaired) electrons. The summed E-state index contributed by atoms with van der Waals surface area (Å²) in [5.74, 6) is 2.05. The molecule has 3 aromatic heterocycles. The highest BCUT2D eigenvalue weighted by atomic mass is 16.3. The molecule has 3 heterocycles. The summed E-state index contributed by atoms with van der Waals surface area (Å²) in [6, 6.07) is 39.0. The molecule has 10 aromatic rings. The molecule has 60 heavy (non-hydrogen) atoms. The van der Waals surface area contributed by atoms with Crippen LogP contribution in [0, 0.1) is 0 Å². The molecule has 0 saturated heterocycles. The number of hydrogen-bond donors (Lipinski definition) is 0. The van der Waals surface area contributed by atoms with Crippen LogP contribution < -0.4 is 54.6 Å². The van der Waals surface area contributed by atoms with Crippen molar-refractivity contribution in [1.29, 1.82) is 0 Å². The maximum Gasteiger partial charge on any atom is 0.164 e. The maximum absolute atomic E-state index is 6.48. The van der Waals surface area contributed by atoms with E-state index >= 15 is 0 Å². The van der Waals surface area contributed by atoms with Crippen LogP contribution >= 0.6 is 0 Å². The molecule has 274 valence electrons. The second-order valence-electron chi connectivity index (χ2n) is 16.8. The van der Waals surface area contributed by atoms with E-state index in [1.807, 2.05) is 0 Å². The second kappa shape index (κ2) is 14.2. The summed E-state index contributed by atoms with van der Waals surface area (Å²) in [6.45, 7) is 0. The van der Waals surface area contributed by atoms with Crippen molar-refractivity contribution in [1.82, 2.24) is 19.5 Å². The minimum Gasteiger partial charge on any atom is -0.456 e. The highest BCUT2D eigenvalue weighted by Gasteiger charge is 2.22. The fraction of sp³-hybridized carbons (Fsp3) is 0. The quantitative estimate of drug-likeness (QED) is 0.165. The standard InChI is InChI=1S/C45H38B10N4O/c46-33-31(34(47)38(51)41(54)37(33)50)44-56-43(57-45(58-44)32-35(48)39(52)42(55)40(53)36(32)49)21-12-15-30-26(18-21)25-17-20(11-14-29(25)60-30)19-10-13-28-24(16-19)23-8-4-5-9-27(23)59(28)22-6-2-1-3-7-22/h1-18H,46-55H2. The normalized spacial score (nSPS) is 11.7. The Balaban J connectivity index is 1.16. The van der Waals surface area contributed by atoms with Crippen molar-refractivity contribution in [3.05, 3.63) is 109 Å². The van der Waals surface area contributed by atoms with E-state index < -0.39 is 0 Å². The van der Waals surface area contributed by atoms with Crippen LogP contribution in [0.15, 0.2) is 114 Å². The fourth-order valence-electron chi connectivity index (χ4n) is 9.50. The molecule has 0 aliphatic rings. The maximum atomic E-state index is 6.48. The molecule has 0 unspecified atom stereocenters. The van der Waals surface area contributed by atoms with Gasteiger partial charge in [0.05, 0.1) is 11.0 Å². The Bertz CT molecular complexity index is 3310. The van der Waals surface area contributed by atoms with Crippen molar-refractivity contribution in [3.8, 4) is 51.0 Å². The number of para-hydroxylation sites is 2. The minimum absolute atomic E-state index is 0.645. The van der Waals surface area contributed by atoms with Gasteiger partial charge in [-0.15, -0.1) is 32.8 Å². The van der Waals surface area contributed by atoms with Gasteiger partial charge in [0.15, 0.2) is 17.5 Å². The molecule has 0 fully saturated rings. The topological polar surface area (TPSA) is 56.7 Å². The van der Waals surface area contributed by atoms with Crippen molar-refractivity contribution in [2.45, 2.75) is 0 Å². The lowest BCUT2D eigenvalue weighted by atomic mass is 9.60. The van der Waals surface area contributed by atoms with Crippen LogP contribution in [0.25, 0.3) is 94.7 Å². The van der Waals surface area contributed by atoms with Crippen LogP contribution in [0.5, 0.6) is 0 Å². The van der Waals surface area contributed by atoms with Gasteiger partial charge in [0.25, 0.3) is 0 Å². The molecular formula is C45H38B10N4O. The predicted octanol–water partition coefficient (Wildman–Crippen LogP) is -5.88.